The Labute approximate surface area is 84.8 Å². The molecule has 0 saturated heterocycles. The average molecular weight is 223 g/mol. The van der Waals surface area contributed by atoms with Gasteiger partial charge >= 0.3 is 5.97 Å². The lowest BCUT2D eigenvalue weighted by Gasteiger charge is -2.26. The van der Waals surface area contributed by atoms with Gasteiger partial charge in [0.15, 0.2) is 6.17 Å². The molecule has 1 unspecified atom stereocenters. The lowest BCUT2D eigenvalue weighted by molar-refractivity contribution is -0.139. The van der Waals surface area contributed by atoms with E-state index in [2.05, 4.69) is 0 Å². The predicted molar refractivity (Wildman–Crippen MR) is 47.3 cm³/mol. The van der Waals surface area contributed by atoms with Crippen molar-refractivity contribution in [3.8, 4) is 0 Å². The van der Waals surface area contributed by atoms with Gasteiger partial charge in [-0.3, -0.25) is 4.79 Å². The Morgan fingerprint density at radius 2 is 2.27 bits per heavy atom. The van der Waals surface area contributed by atoms with E-state index in [1.165, 1.54) is 0 Å². The predicted octanol–water partition coefficient (Wildman–Crippen LogP) is 1.34. The van der Waals surface area contributed by atoms with Crippen LogP contribution >= 0.6 is 0 Å². The van der Waals surface area contributed by atoms with E-state index in [1.54, 1.807) is 0 Å². The van der Waals surface area contributed by atoms with E-state index in [1.807, 2.05) is 0 Å². The maximum atomic E-state index is 13.2. The maximum Gasteiger partial charge on any atom is 0.320 e. The third kappa shape index (κ3) is 2.95. The summed E-state index contributed by atoms with van der Waals surface area (Å²) in [6.45, 7) is 0. The molecule has 3 nitrogen and oxygen atoms in total. The van der Waals surface area contributed by atoms with Gasteiger partial charge in [0.2, 0.25) is 0 Å². The molecule has 0 bridgehead atoms. The number of allylic oxidation sites excluding steroid dienone is 2. The van der Waals surface area contributed by atoms with Crippen molar-refractivity contribution in [1.29, 1.82) is 0 Å². The van der Waals surface area contributed by atoms with Gasteiger partial charge in [-0.05, 0) is 24.8 Å². The summed E-state index contributed by atoms with van der Waals surface area (Å²) in [5, 5.41) is 8.49. The van der Waals surface area contributed by atoms with Crippen molar-refractivity contribution in [2.45, 2.75) is 31.2 Å². The second kappa shape index (κ2) is 4.65. The average Bonchev–Trinajstić information content (AvgIpc) is 2.13. The zero-order valence-electron chi connectivity index (χ0n) is 7.87. The molecule has 1 aliphatic rings. The minimum atomic E-state index is -1.84. The smallest absolute Gasteiger partial charge is 0.320 e. The summed E-state index contributed by atoms with van der Waals surface area (Å²) in [5.74, 6) is -3.26. The SMILES string of the molecule is N[C@H](CC1C[C@H](F)C(F)=C[C@@H]1F)C(=O)O. The summed E-state index contributed by atoms with van der Waals surface area (Å²) in [6.07, 6.45) is -3.51. The van der Waals surface area contributed by atoms with Crippen molar-refractivity contribution < 1.29 is 23.1 Å². The Kier molecular flexibility index (Phi) is 3.73. The van der Waals surface area contributed by atoms with Gasteiger partial charge in [-0.15, -0.1) is 0 Å². The Bertz CT molecular complexity index is 283. The van der Waals surface area contributed by atoms with Crippen LogP contribution in [0.5, 0.6) is 0 Å². The molecule has 0 aromatic rings. The normalized spacial score (nSPS) is 33.3. The second-order valence-corrected chi connectivity index (χ2v) is 3.64. The van der Waals surface area contributed by atoms with E-state index < -0.39 is 36.1 Å². The fraction of sp³-hybridized carbons (Fsp3) is 0.667. The standard InChI is InChI=1S/C9H12F3NO2/c10-5-3-7(12)6(11)1-4(5)2-8(13)9(14)15/h3-6,8H,1-2,13H2,(H,14,15)/t4?,5-,6-,8+/m0/s1. The molecular formula is C9H12F3NO2. The number of carboxylic acid groups (broad SMARTS) is 1. The molecule has 1 aliphatic carbocycles. The quantitative estimate of drug-likeness (QED) is 0.758. The Morgan fingerprint density at radius 3 is 2.80 bits per heavy atom. The van der Waals surface area contributed by atoms with Crippen LogP contribution in [0.4, 0.5) is 13.2 Å². The highest BCUT2D eigenvalue weighted by Gasteiger charge is 2.33. The molecule has 0 spiro atoms. The molecule has 3 N–H and O–H groups in total. The number of aliphatic carboxylic acids is 1. The summed E-state index contributed by atoms with van der Waals surface area (Å²) >= 11 is 0. The number of nitrogens with two attached hydrogens (primary N) is 1. The van der Waals surface area contributed by atoms with E-state index in [0.29, 0.717) is 6.08 Å². The number of hydrogen-bond donors (Lipinski definition) is 2. The van der Waals surface area contributed by atoms with E-state index >= 15 is 0 Å². The van der Waals surface area contributed by atoms with E-state index in [-0.39, 0.29) is 12.8 Å². The number of carbonyl (C=O) groups is 1. The van der Waals surface area contributed by atoms with Gasteiger partial charge in [0, 0.05) is 0 Å². The molecule has 86 valence electrons. The van der Waals surface area contributed by atoms with Crippen LogP contribution in [0.15, 0.2) is 11.9 Å². The highest BCUT2D eigenvalue weighted by atomic mass is 19.2. The van der Waals surface area contributed by atoms with Gasteiger partial charge < -0.3 is 10.8 Å². The molecule has 0 fully saturated rings. The first-order valence-electron chi connectivity index (χ1n) is 4.55. The lowest BCUT2D eigenvalue weighted by Crippen LogP contribution is -2.36. The van der Waals surface area contributed by atoms with Crippen molar-refractivity contribution >= 4 is 5.97 Å². The fourth-order valence-electron chi connectivity index (χ4n) is 1.55. The molecule has 15 heavy (non-hydrogen) atoms. The first-order valence-corrected chi connectivity index (χ1v) is 4.55. The van der Waals surface area contributed by atoms with E-state index in [9.17, 15) is 18.0 Å². The van der Waals surface area contributed by atoms with Crippen LogP contribution in [0.3, 0.4) is 0 Å². The van der Waals surface area contributed by atoms with Crippen LogP contribution in [0.2, 0.25) is 0 Å². The fourth-order valence-corrected chi connectivity index (χ4v) is 1.55. The van der Waals surface area contributed by atoms with Gasteiger partial charge in [0.25, 0.3) is 0 Å². The van der Waals surface area contributed by atoms with Gasteiger partial charge in [-0.2, -0.15) is 0 Å². The number of rotatable bonds is 3. The molecule has 4 atom stereocenters. The number of halogens is 3. The minimum Gasteiger partial charge on any atom is -0.480 e. The van der Waals surface area contributed by atoms with Gasteiger partial charge in [-0.1, -0.05) is 0 Å². The highest BCUT2D eigenvalue weighted by molar-refractivity contribution is 5.73. The maximum absolute atomic E-state index is 13.2. The summed E-state index contributed by atoms with van der Waals surface area (Å²) in [5.41, 5.74) is 5.19. The monoisotopic (exact) mass is 223 g/mol. The third-order valence-corrected chi connectivity index (χ3v) is 2.45. The van der Waals surface area contributed by atoms with Crippen molar-refractivity contribution in [1.82, 2.24) is 0 Å². The number of alkyl halides is 2. The molecule has 0 radical (unpaired) electrons. The first-order chi connectivity index (χ1) is 6.91. The third-order valence-electron chi connectivity index (χ3n) is 2.45. The van der Waals surface area contributed by atoms with E-state index in [0.717, 1.165) is 0 Å². The Hall–Kier alpha value is -1.04. The highest BCUT2D eigenvalue weighted by Crippen LogP contribution is 2.31. The van der Waals surface area contributed by atoms with Crippen molar-refractivity contribution in [2.24, 2.45) is 11.7 Å². The summed E-state index contributed by atoms with van der Waals surface area (Å²) in [7, 11) is 0. The summed E-state index contributed by atoms with van der Waals surface area (Å²) < 4.78 is 38.6. The zero-order valence-corrected chi connectivity index (χ0v) is 7.87. The minimum absolute atomic E-state index is 0.194. The number of hydrogen-bond acceptors (Lipinski definition) is 2. The van der Waals surface area contributed by atoms with Crippen molar-refractivity contribution in [2.75, 3.05) is 0 Å². The van der Waals surface area contributed by atoms with Gasteiger partial charge in [0.05, 0.1) is 0 Å². The lowest BCUT2D eigenvalue weighted by atomic mass is 9.86. The summed E-state index contributed by atoms with van der Waals surface area (Å²) in [4.78, 5) is 10.4. The molecule has 1 rings (SSSR count). The molecule has 0 aromatic heterocycles. The summed E-state index contributed by atoms with van der Waals surface area (Å²) in [6, 6.07) is -1.24. The van der Waals surface area contributed by atoms with E-state index in [4.69, 9.17) is 10.8 Å². The Morgan fingerprint density at radius 1 is 1.67 bits per heavy atom. The molecule has 0 heterocycles. The van der Waals surface area contributed by atoms with Crippen LogP contribution in [-0.2, 0) is 4.79 Å². The largest absolute Gasteiger partial charge is 0.480 e. The second-order valence-electron chi connectivity index (χ2n) is 3.64. The molecular weight excluding hydrogens is 211 g/mol. The van der Waals surface area contributed by atoms with Crippen LogP contribution in [-0.4, -0.2) is 29.5 Å². The topological polar surface area (TPSA) is 63.3 Å². The zero-order chi connectivity index (χ0) is 11.6. The molecule has 0 amide bonds. The van der Waals surface area contributed by atoms with Gasteiger partial charge in [0.1, 0.15) is 18.0 Å². The first kappa shape index (κ1) is 12.0. The van der Waals surface area contributed by atoms with Gasteiger partial charge in [-0.25, -0.2) is 13.2 Å². The Balaban J connectivity index is 2.61. The molecule has 0 aliphatic heterocycles. The van der Waals surface area contributed by atoms with Crippen molar-refractivity contribution in [3.05, 3.63) is 11.9 Å². The van der Waals surface area contributed by atoms with Crippen molar-refractivity contribution in [3.63, 3.8) is 0 Å². The molecule has 6 heteroatoms. The molecule has 0 aromatic carbocycles. The van der Waals surface area contributed by atoms with Crippen LogP contribution in [0, 0.1) is 5.92 Å². The van der Waals surface area contributed by atoms with Crippen LogP contribution in [0.1, 0.15) is 12.8 Å². The molecule has 0 saturated carbocycles. The van der Waals surface area contributed by atoms with Crippen LogP contribution in [0.25, 0.3) is 0 Å². The number of carboxylic acids is 1. The van der Waals surface area contributed by atoms with Crippen LogP contribution < -0.4 is 5.73 Å².